The molecule has 0 radical (unpaired) electrons. The van der Waals surface area contributed by atoms with Gasteiger partial charge in [0.25, 0.3) is 11.7 Å². The summed E-state index contributed by atoms with van der Waals surface area (Å²) >= 11 is 0. The van der Waals surface area contributed by atoms with Gasteiger partial charge in [0.15, 0.2) is 0 Å². The van der Waals surface area contributed by atoms with Gasteiger partial charge in [-0.2, -0.15) is 0 Å². The van der Waals surface area contributed by atoms with Gasteiger partial charge in [-0.15, -0.1) is 0 Å². The van der Waals surface area contributed by atoms with Crippen molar-refractivity contribution in [3.05, 3.63) is 65.1 Å². The van der Waals surface area contributed by atoms with Crippen LogP contribution in [-0.2, 0) is 20.7 Å². The van der Waals surface area contributed by atoms with Gasteiger partial charge in [0.2, 0.25) is 0 Å². The number of ketones is 1. The number of hydrogen-bond acceptors (Lipinski definition) is 5. The van der Waals surface area contributed by atoms with Crippen molar-refractivity contribution in [2.75, 3.05) is 13.2 Å². The minimum atomic E-state index is -0.759. The molecule has 1 amide bonds. The molecule has 0 aliphatic carbocycles. The number of amides is 1. The highest BCUT2D eigenvalue weighted by Crippen LogP contribution is 2.40. The van der Waals surface area contributed by atoms with Crippen LogP contribution in [0.4, 0.5) is 0 Å². The molecule has 1 N–H and O–H groups in total. The summed E-state index contributed by atoms with van der Waals surface area (Å²) in [5.41, 5.74) is 1.68. The average molecular weight is 381 g/mol. The molecule has 2 unspecified atom stereocenters. The molecule has 2 aliphatic heterocycles. The van der Waals surface area contributed by atoms with Crippen LogP contribution in [-0.4, -0.2) is 41.0 Å². The Bertz CT molecular complexity index is 892. The molecule has 146 valence electrons. The second-order valence-corrected chi connectivity index (χ2v) is 7.15. The molecule has 2 aromatic rings. The molecule has 6 nitrogen and oxygen atoms in total. The Hall–Kier alpha value is -2.86. The van der Waals surface area contributed by atoms with Crippen LogP contribution in [0, 0.1) is 0 Å². The number of rotatable bonds is 5. The molecule has 2 atom stereocenters. The highest BCUT2D eigenvalue weighted by atomic mass is 16.5. The first-order valence-corrected chi connectivity index (χ1v) is 9.63. The Morgan fingerprint density at radius 1 is 1.21 bits per heavy atom. The standard InChI is InChI=1S/C22H23NO5/c1-2-14-7-9-15(10-8-14)20(24)18-19(17-6-4-12-28-17)23(22(26)21(18)25)13-16-5-3-11-27-16/h4,6-10,12,16,19,24H,2-3,5,11,13H2,1H3/b20-18-. The SMILES string of the molecule is CCc1ccc(/C(O)=C2/C(=O)C(=O)N(CC3CCCO3)C2c2ccco2)cc1. The lowest BCUT2D eigenvalue weighted by atomic mass is 9.98. The number of furan rings is 1. The summed E-state index contributed by atoms with van der Waals surface area (Å²) in [5, 5.41) is 10.9. The van der Waals surface area contributed by atoms with Gasteiger partial charge in [0, 0.05) is 18.7 Å². The van der Waals surface area contributed by atoms with Crippen molar-refractivity contribution in [3.8, 4) is 0 Å². The van der Waals surface area contributed by atoms with Crippen LogP contribution in [0.3, 0.4) is 0 Å². The van der Waals surface area contributed by atoms with Gasteiger partial charge < -0.3 is 19.2 Å². The van der Waals surface area contributed by atoms with Gasteiger partial charge >= 0.3 is 0 Å². The van der Waals surface area contributed by atoms with Crippen LogP contribution in [0.2, 0.25) is 0 Å². The summed E-state index contributed by atoms with van der Waals surface area (Å²) in [4.78, 5) is 27.1. The summed E-state index contributed by atoms with van der Waals surface area (Å²) in [6, 6.07) is 10.00. The molecule has 4 rings (SSSR count). The van der Waals surface area contributed by atoms with Crippen molar-refractivity contribution in [1.29, 1.82) is 0 Å². The molecule has 2 saturated heterocycles. The van der Waals surface area contributed by atoms with E-state index in [4.69, 9.17) is 9.15 Å². The Balaban J connectivity index is 1.76. The summed E-state index contributed by atoms with van der Waals surface area (Å²) in [7, 11) is 0. The second kappa shape index (κ2) is 7.64. The smallest absolute Gasteiger partial charge is 0.295 e. The van der Waals surface area contributed by atoms with E-state index in [1.807, 2.05) is 19.1 Å². The molecule has 28 heavy (non-hydrogen) atoms. The third-order valence-corrected chi connectivity index (χ3v) is 5.41. The van der Waals surface area contributed by atoms with Gasteiger partial charge in [-0.3, -0.25) is 9.59 Å². The predicted molar refractivity (Wildman–Crippen MR) is 103 cm³/mol. The molecule has 0 saturated carbocycles. The number of ether oxygens (including phenoxy) is 1. The molecule has 1 aromatic heterocycles. The van der Waals surface area contributed by atoms with Gasteiger partial charge in [0.05, 0.1) is 17.9 Å². The van der Waals surface area contributed by atoms with E-state index < -0.39 is 17.7 Å². The Morgan fingerprint density at radius 3 is 2.61 bits per heavy atom. The van der Waals surface area contributed by atoms with E-state index in [2.05, 4.69) is 0 Å². The Labute approximate surface area is 163 Å². The minimum Gasteiger partial charge on any atom is -0.507 e. The fourth-order valence-electron chi connectivity index (χ4n) is 3.87. The molecule has 1 aromatic carbocycles. The summed E-state index contributed by atoms with van der Waals surface area (Å²) in [6.45, 7) is 2.99. The summed E-state index contributed by atoms with van der Waals surface area (Å²) in [6.07, 6.45) is 4.03. The highest BCUT2D eigenvalue weighted by Gasteiger charge is 2.48. The maximum absolute atomic E-state index is 12.8. The molecule has 6 heteroatoms. The predicted octanol–water partition coefficient (Wildman–Crippen LogP) is 3.44. The lowest BCUT2D eigenvalue weighted by Gasteiger charge is -2.25. The van der Waals surface area contributed by atoms with E-state index in [-0.39, 0.29) is 17.4 Å². The molecular formula is C22H23NO5. The third kappa shape index (κ3) is 3.24. The number of carbonyl (C=O) groups excluding carboxylic acids is 2. The van der Waals surface area contributed by atoms with Crippen LogP contribution < -0.4 is 0 Å². The zero-order chi connectivity index (χ0) is 19.7. The monoisotopic (exact) mass is 381 g/mol. The number of hydrogen-bond donors (Lipinski definition) is 1. The van der Waals surface area contributed by atoms with E-state index in [1.165, 1.54) is 11.2 Å². The van der Waals surface area contributed by atoms with Gasteiger partial charge in [0.1, 0.15) is 17.6 Å². The van der Waals surface area contributed by atoms with Gasteiger partial charge in [-0.05, 0) is 37.0 Å². The van der Waals surface area contributed by atoms with E-state index >= 15 is 0 Å². The number of aryl methyl sites for hydroxylation is 1. The summed E-state index contributed by atoms with van der Waals surface area (Å²) < 4.78 is 11.2. The van der Waals surface area contributed by atoms with Gasteiger partial charge in [-0.25, -0.2) is 0 Å². The number of carbonyl (C=O) groups is 2. The molecule has 3 heterocycles. The van der Waals surface area contributed by atoms with E-state index in [9.17, 15) is 14.7 Å². The maximum atomic E-state index is 12.8. The van der Waals surface area contributed by atoms with Crippen molar-refractivity contribution < 1.29 is 23.8 Å². The normalized spacial score (nSPS) is 24.2. The van der Waals surface area contributed by atoms with Crippen molar-refractivity contribution >= 4 is 17.4 Å². The zero-order valence-corrected chi connectivity index (χ0v) is 15.8. The van der Waals surface area contributed by atoms with Gasteiger partial charge in [-0.1, -0.05) is 31.2 Å². The number of Topliss-reactive ketones (excluding diaryl/α,β-unsaturated/α-hetero) is 1. The van der Waals surface area contributed by atoms with Crippen LogP contribution in [0.15, 0.2) is 52.7 Å². The van der Waals surface area contributed by atoms with Crippen molar-refractivity contribution in [2.45, 2.75) is 38.3 Å². The maximum Gasteiger partial charge on any atom is 0.295 e. The van der Waals surface area contributed by atoms with Crippen LogP contribution >= 0.6 is 0 Å². The fourth-order valence-corrected chi connectivity index (χ4v) is 3.87. The molecular weight excluding hydrogens is 358 g/mol. The number of nitrogens with zero attached hydrogens (tertiary/aromatic N) is 1. The average Bonchev–Trinajstić information content (AvgIpc) is 3.46. The van der Waals surface area contributed by atoms with Crippen molar-refractivity contribution in [1.82, 2.24) is 4.90 Å². The van der Waals surface area contributed by atoms with E-state index in [0.29, 0.717) is 24.5 Å². The van der Waals surface area contributed by atoms with E-state index in [1.54, 1.807) is 24.3 Å². The van der Waals surface area contributed by atoms with Crippen LogP contribution in [0.1, 0.15) is 42.7 Å². The molecule has 2 aliphatic rings. The Kier molecular flexibility index (Phi) is 5.05. The Morgan fingerprint density at radius 2 is 2.00 bits per heavy atom. The van der Waals surface area contributed by atoms with Crippen LogP contribution in [0.25, 0.3) is 5.76 Å². The zero-order valence-electron chi connectivity index (χ0n) is 15.8. The molecule has 2 fully saturated rings. The molecule has 0 spiro atoms. The first kappa shape index (κ1) is 18.5. The number of aliphatic hydroxyl groups is 1. The lowest BCUT2D eigenvalue weighted by Crippen LogP contribution is -2.36. The first-order valence-electron chi connectivity index (χ1n) is 9.63. The van der Waals surface area contributed by atoms with Crippen molar-refractivity contribution in [3.63, 3.8) is 0 Å². The highest BCUT2D eigenvalue weighted by molar-refractivity contribution is 6.46. The number of aliphatic hydroxyl groups excluding tert-OH is 1. The second-order valence-electron chi connectivity index (χ2n) is 7.15. The lowest BCUT2D eigenvalue weighted by molar-refractivity contribution is -0.141. The molecule has 0 bridgehead atoms. The largest absolute Gasteiger partial charge is 0.507 e. The number of likely N-dealkylation sites (tertiary alicyclic amines) is 1. The van der Waals surface area contributed by atoms with E-state index in [0.717, 1.165) is 24.8 Å². The summed E-state index contributed by atoms with van der Waals surface area (Å²) in [5.74, 6) is -1.07. The third-order valence-electron chi connectivity index (χ3n) is 5.41. The topological polar surface area (TPSA) is 80.0 Å². The first-order chi connectivity index (χ1) is 13.6. The van der Waals surface area contributed by atoms with Crippen molar-refractivity contribution in [2.24, 2.45) is 0 Å². The minimum absolute atomic E-state index is 0.0576. The quantitative estimate of drug-likeness (QED) is 0.488. The fraction of sp³-hybridized carbons (Fsp3) is 0.364. The number of benzene rings is 1. The van der Waals surface area contributed by atoms with Crippen LogP contribution in [0.5, 0.6) is 0 Å².